The maximum Gasteiger partial charge on any atom is 0.336 e. The van der Waals surface area contributed by atoms with Gasteiger partial charge in [-0.05, 0) is 35.4 Å². The van der Waals surface area contributed by atoms with Crippen molar-refractivity contribution in [2.24, 2.45) is 0 Å². The number of aromatic carboxylic acids is 4. The number of carboxylic acid groups (broad SMARTS) is 4. The van der Waals surface area contributed by atoms with Crippen molar-refractivity contribution >= 4 is 23.9 Å². The Hall–Kier alpha value is -3.76. The number of carbonyl (C=O) groups is 4. The van der Waals surface area contributed by atoms with Gasteiger partial charge in [0.2, 0.25) is 0 Å². The average molecular weight is 408 g/mol. The van der Waals surface area contributed by atoms with Crippen LogP contribution in [0, 0.1) is 0 Å². The lowest BCUT2D eigenvalue weighted by Crippen LogP contribution is -2.22. The molecule has 0 bridgehead atoms. The number of rotatable bonds is 6. The van der Waals surface area contributed by atoms with Crippen LogP contribution in [0.2, 0.25) is 0 Å². The molecule has 0 aliphatic heterocycles. The van der Waals surface area contributed by atoms with E-state index in [0.717, 1.165) is 0 Å². The predicted molar refractivity (Wildman–Crippen MR) is 100 cm³/mol. The Morgan fingerprint density at radius 2 is 0.862 bits per heavy atom. The molecule has 2 aromatic rings. The summed E-state index contributed by atoms with van der Waals surface area (Å²) in [4.78, 5) is 45.2. The van der Waals surface area contributed by atoms with Crippen molar-refractivity contribution in [1.29, 1.82) is 0 Å². The Labute approximate surface area is 164 Å². The van der Waals surface area contributed by atoms with E-state index in [-0.39, 0.29) is 22.1 Å². The molecule has 10 heteroatoms. The minimum atomic E-state index is -1.41. The highest BCUT2D eigenvalue weighted by atomic mass is 16.4. The van der Waals surface area contributed by atoms with Gasteiger partial charge in [0.15, 0.2) is 0 Å². The second-order valence-electron chi connectivity index (χ2n) is 6.37. The summed E-state index contributed by atoms with van der Waals surface area (Å²) in [6, 6.07) is 7.68. The van der Waals surface area contributed by atoms with Crippen LogP contribution in [-0.2, 0) is 5.41 Å². The standard InChI is InChI=1S/C19H16O8.2H2O/c1-19(2,9-3-5-11(15(20)21)13(7-9)17(24)25)10-4-6-12(16(22)23)14(8-10)18(26)27;;/h3-8H,1-2H3,(H,20,21)(H,22,23)(H,24,25)(H,26,27);2*1H2. The molecular formula is C19H20O10. The van der Waals surface area contributed by atoms with Crippen LogP contribution in [0.3, 0.4) is 0 Å². The van der Waals surface area contributed by atoms with Crippen molar-refractivity contribution in [3.63, 3.8) is 0 Å². The van der Waals surface area contributed by atoms with Gasteiger partial charge in [-0.3, -0.25) is 0 Å². The SMILES string of the molecule is CC(C)(c1ccc(C(=O)O)c(C(=O)O)c1)c1ccc(C(=O)O)c(C(=O)O)c1.O.O. The summed E-state index contributed by atoms with van der Waals surface area (Å²) < 4.78 is 0. The average Bonchev–Trinajstić information content (AvgIpc) is 2.60. The molecular weight excluding hydrogens is 388 g/mol. The lowest BCUT2D eigenvalue weighted by atomic mass is 9.76. The predicted octanol–water partition coefficient (Wildman–Crippen LogP) is 1.16. The third-order valence-electron chi connectivity index (χ3n) is 4.40. The monoisotopic (exact) mass is 408 g/mol. The molecule has 0 aliphatic carbocycles. The van der Waals surface area contributed by atoms with E-state index in [1.807, 2.05) is 0 Å². The molecule has 8 N–H and O–H groups in total. The molecule has 0 spiro atoms. The molecule has 10 nitrogen and oxygen atoms in total. The molecule has 0 amide bonds. The van der Waals surface area contributed by atoms with E-state index in [0.29, 0.717) is 11.1 Å². The van der Waals surface area contributed by atoms with Gasteiger partial charge in [0.05, 0.1) is 22.3 Å². The molecule has 0 fully saturated rings. The maximum absolute atomic E-state index is 11.4. The number of carboxylic acids is 4. The summed E-state index contributed by atoms with van der Waals surface area (Å²) in [5.74, 6) is -5.57. The molecule has 0 unspecified atom stereocenters. The molecule has 0 aliphatic rings. The number of hydrogen-bond acceptors (Lipinski definition) is 4. The molecule has 0 aromatic heterocycles. The van der Waals surface area contributed by atoms with Crippen molar-refractivity contribution in [3.8, 4) is 0 Å². The fraction of sp³-hybridized carbons (Fsp3) is 0.158. The topological polar surface area (TPSA) is 212 Å². The molecule has 0 saturated heterocycles. The third kappa shape index (κ3) is 4.75. The zero-order valence-corrected chi connectivity index (χ0v) is 15.4. The quantitative estimate of drug-likeness (QED) is 0.543. The maximum atomic E-state index is 11.4. The minimum absolute atomic E-state index is 0. The molecule has 156 valence electrons. The van der Waals surface area contributed by atoms with Crippen molar-refractivity contribution in [2.45, 2.75) is 19.3 Å². The van der Waals surface area contributed by atoms with Gasteiger partial charge in [0.25, 0.3) is 0 Å². The van der Waals surface area contributed by atoms with E-state index in [1.165, 1.54) is 36.4 Å². The normalized spacial score (nSPS) is 10.3. The van der Waals surface area contributed by atoms with Crippen LogP contribution in [0.5, 0.6) is 0 Å². The van der Waals surface area contributed by atoms with Gasteiger partial charge in [-0.2, -0.15) is 0 Å². The van der Waals surface area contributed by atoms with E-state index < -0.39 is 40.4 Å². The van der Waals surface area contributed by atoms with Gasteiger partial charge < -0.3 is 31.4 Å². The highest BCUT2D eigenvalue weighted by Gasteiger charge is 2.28. The molecule has 2 aromatic carbocycles. The summed E-state index contributed by atoms with van der Waals surface area (Å²) in [5, 5.41) is 36.8. The summed E-state index contributed by atoms with van der Waals surface area (Å²) in [7, 11) is 0. The smallest absolute Gasteiger partial charge is 0.336 e. The summed E-state index contributed by atoms with van der Waals surface area (Å²) in [6.45, 7) is 3.38. The summed E-state index contributed by atoms with van der Waals surface area (Å²) >= 11 is 0. The Morgan fingerprint density at radius 3 is 1.10 bits per heavy atom. The summed E-state index contributed by atoms with van der Waals surface area (Å²) in [6.07, 6.45) is 0. The van der Waals surface area contributed by atoms with E-state index in [2.05, 4.69) is 0 Å². The first kappa shape index (κ1) is 25.2. The van der Waals surface area contributed by atoms with E-state index in [4.69, 9.17) is 10.2 Å². The lowest BCUT2D eigenvalue weighted by Gasteiger charge is -2.27. The van der Waals surface area contributed by atoms with E-state index in [1.54, 1.807) is 13.8 Å². The number of hydrogen-bond donors (Lipinski definition) is 4. The Kier molecular flexibility index (Phi) is 7.79. The van der Waals surface area contributed by atoms with Crippen LogP contribution in [0.15, 0.2) is 36.4 Å². The van der Waals surface area contributed by atoms with Crippen LogP contribution < -0.4 is 0 Å². The molecule has 29 heavy (non-hydrogen) atoms. The highest BCUT2D eigenvalue weighted by Crippen LogP contribution is 2.34. The van der Waals surface area contributed by atoms with Crippen LogP contribution in [0.4, 0.5) is 0 Å². The highest BCUT2D eigenvalue weighted by molar-refractivity contribution is 6.02. The summed E-state index contributed by atoms with van der Waals surface area (Å²) in [5.41, 5.74) is -1.57. The lowest BCUT2D eigenvalue weighted by molar-refractivity contribution is 0.0651. The molecule has 0 radical (unpaired) electrons. The van der Waals surface area contributed by atoms with Gasteiger partial charge in [0.1, 0.15) is 0 Å². The second kappa shape index (κ2) is 8.95. The first-order valence-electron chi connectivity index (χ1n) is 7.69. The fourth-order valence-electron chi connectivity index (χ4n) is 2.76. The first-order chi connectivity index (χ1) is 12.5. The molecule has 2 rings (SSSR count). The third-order valence-corrected chi connectivity index (χ3v) is 4.40. The zero-order valence-electron chi connectivity index (χ0n) is 15.4. The van der Waals surface area contributed by atoms with Crippen LogP contribution in [0.25, 0.3) is 0 Å². The Balaban J connectivity index is 0.00000392. The second-order valence-corrected chi connectivity index (χ2v) is 6.37. The van der Waals surface area contributed by atoms with Crippen molar-refractivity contribution < 1.29 is 50.6 Å². The molecule has 0 saturated carbocycles. The van der Waals surface area contributed by atoms with Crippen molar-refractivity contribution in [3.05, 3.63) is 69.8 Å². The van der Waals surface area contributed by atoms with Crippen LogP contribution in [0.1, 0.15) is 66.4 Å². The fourth-order valence-corrected chi connectivity index (χ4v) is 2.76. The zero-order chi connectivity index (χ0) is 20.5. The van der Waals surface area contributed by atoms with Gasteiger partial charge >= 0.3 is 23.9 Å². The van der Waals surface area contributed by atoms with Crippen molar-refractivity contribution in [1.82, 2.24) is 0 Å². The van der Waals surface area contributed by atoms with Gasteiger partial charge in [-0.1, -0.05) is 26.0 Å². The molecule has 0 atom stereocenters. The van der Waals surface area contributed by atoms with Gasteiger partial charge in [0, 0.05) is 5.41 Å². The van der Waals surface area contributed by atoms with Crippen LogP contribution >= 0.6 is 0 Å². The van der Waals surface area contributed by atoms with Gasteiger partial charge in [-0.25, -0.2) is 19.2 Å². The van der Waals surface area contributed by atoms with E-state index >= 15 is 0 Å². The Morgan fingerprint density at radius 1 is 0.586 bits per heavy atom. The van der Waals surface area contributed by atoms with Crippen LogP contribution in [-0.4, -0.2) is 55.3 Å². The van der Waals surface area contributed by atoms with Gasteiger partial charge in [-0.15, -0.1) is 0 Å². The van der Waals surface area contributed by atoms with Crippen molar-refractivity contribution in [2.75, 3.05) is 0 Å². The number of benzene rings is 2. The molecule has 0 heterocycles. The minimum Gasteiger partial charge on any atom is -0.478 e. The largest absolute Gasteiger partial charge is 0.478 e. The van der Waals surface area contributed by atoms with E-state index in [9.17, 15) is 29.4 Å². The Bertz CT molecular complexity index is 897. The first-order valence-corrected chi connectivity index (χ1v) is 7.69.